The molecule has 2 heterocycles. The quantitative estimate of drug-likeness (QED) is 0.598. The zero-order valence-corrected chi connectivity index (χ0v) is 10.6. The molecule has 2 aromatic rings. The molecule has 104 valence electrons. The van der Waals surface area contributed by atoms with Crippen LogP contribution in [0.15, 0.2) is 18.5 Å². The Morgan fingerprint density at radius 3 is 3.15 bits per heavy atom. The second-order valence-electron chi connectivity index (χ2n) is 4.38. The maximum Gasteiger partial charge on any atom is 0.262 e. The first kappa shape index (κ1) is 12.3. The summed E-state index contributed by atoms with van der Waals surface area (Å²) in [6, 6.07) is 3.47. The maximum absolute atomic E-state index is 11.3. The first-order chi connectivity index (χ1) is 9.72. The van der Waals surface area contributed by atoms with Crippen molar-refractivity contribution >= 4 is 23.0 Å². The molecule has 0 spiro atoms. The summed E-state index contributed by atoms with van der Waals surface area (Å²) in [4.78, 5) is 15.3. The van der Waals surface area contributed by atoms with Crippen LogP contribution in [0.4, 0.5) is 17.1 Å². The fraction of sp³-hybridized carbons (Fsp3) is 0.250. The van der Waals surface area contributed by atoms with E-state index in [1.807, 2.05) is 0 Å². The van der Waals surface area contributed by atoms with E-state index in [9.17, 15) is 4.79 Å². The number of nitrogens with one attached hydrogen (secondary N) is 3. The molecule has 1 amide bonds. The van der Waals surface area contributed by atoms with Crippen molar-refractivity contribution in [1.29, 1.82) is 0 Å². The number of fused-ring (bicyclic) bond motifs is 1. The molecule has 0 radical (unpaired) electrons. The van der Waals surface area contributed by atoms with E-state index in [2.05, 4.69) is 25.8 Å². The highest BCUT2D eigenvalue weighted by molar-refractivity contribution is 5.97. The number of nitrogens with two attached hydrogens (primary N) is 1. The number of hydrogen-bond acceptors (Lipinski definition) is 6. The average Bonchev–Trinajstić information content (AvgIpc) is 2.93. The van der Waals surface area contributed by atoms with E-state index < -0.39 is 0 Å². The monoisotopic (exact) mass is 274 g/mol. The van der Waals surface area contributed by atoms with Gasteiger partial charge in [-0.05, 0) is 6.07 Å². The molecule has 1 aromatic heterocycles. The zero-order valence-electron chi connectivity index (χ0n) is 10.6. The van der Waals surface area contributed by atoms with Gasteiger partial charge in [0.15, 0.2) is 6.61 Å². The lowest BCUT2D eigenvalue weighted by Gasteiger charge is -2.20. The minimum atomic E-state index is -0.171. The molecule has 0 bridgehead atoms. The number of benzene rings is 1. The van der Waals surface area contributed by atoms with Crippen molar-refractivity contribution in [3.8, 4) is 5.75 Å². The predicted molar refractivity (Wildman–Crippen MR) is 73.6 cm³/mol. The van der Waals surface area contributed by atoms with Gasteiger partial charge in [0.25, 0.3) is 5.91 Å². The topological polar surface area (TPSA) is 118 Å². The summed E-state index contributed by atoms with van der Waals surface area (Å²) in [7, 11) is 0. The van der Waals surface area contributed by atoms with Crippen LogP contribution in [0.3, 0.4) is 0 Å². The van der Waals surface area contributed by atoms with Crippen LogP contribution in [0.2, 0.25) is 0 Å². The molecular weight excluding hydrogens is 260 g/mol. The molecule has 20 heavy (non-hydrogen) atoms. The molecule has 1 aliphatic rings. The molecule has 0 saturated heterocycles. The first-order valence-corrected chi connectivity index (χ1v) is 6.16. The van der Waals surface area contributed by atoms with Crippen LogP contribution in [0.1, 0.15) is 5.82 Å². The van der Waals surface area contributed by atoms with Crippen molar-refractivity contribution in [1.82, 2.24) is 15.2 Å². The van der Waals surface area contributed by atoms with E-state index in [4.69, 9.17) is 10.5 Å². The molecule has 0 atom stereocenters. The highest BCUT2D eigenvalue weighted by Crippen LogP contribution is 2.34. The Bertz CT molecular complexity index is 625. The lowest BCUT2D eigenvalue weighted by molar-refractivity contribution is -0.118. The van der Waals surface area contributed by atoms with E-state index in [-0.39, 0.29) is 12.5 Å². The second-order valence-corrected chi connectivity index (χ2v) is 4.38. The Labute approximate surface area is 114 Å². The lowest BCUT2D eigenvalue weighted by atomic mass is 10.2. The van der Waals surface area contributed by atoms with Crippen LogP contribution in [0, 0.1) is 0 Å². The largest absolute Gasteiger partial charge is 0.482 e. The first-order valence-electron chi connectivity index (χ1n) is 6.16. The summed E-state index contributed by atoms with van der Waals surface area (Å²) < 4.78 is 5.29. The molecule has 0 aliphatic carbocycles. The summed E-state index contributed by atoms with van der Waals surface area (Å²) in [6.45, 7) is 0.664. The number of aromatic amines is 1. The predicted octanol–water partition coefficient (Wildman–Crippen LogP) is 0.372. The molecule has 0 fully saturated rings. The van der Waals surface area contributed by atoms with Crippen LogP contribution in [0.5, 0.6) is 5.75 Å². The smallest absolute Gasteiger partial charge is 0.262 e. The van der Waals surface area contributed by atoms with Crippen LogP contribution < -0.4 is 21.1 Å². The third kappa shape index (κ3) is 2.48. The molecular formula is C12H14N6O2. The van der Waals surface area contributed by atoms with Gasteiger partial charge in [0.1, 0.15) is 17.9 Å². The highest BCUT2D eigenvalue weighted by Gasteiger charge is 2.17. The molecule has 1 aromatic carbocycles. The van der Waals surface area contributed by atoms with E-state index in [1.54, 1.807) is 12.1 Å². The number of H-pyrrole nitrogens is 1. The van der Waals surface area contributed by atoms with Crippen molar-refractivity contribution in [2.75, 3.05) is 29.5 Å². The number of carbonyl (C=O) groups excluding carboxylic acids is 1. The number of aromatic nitrogens is 3. The van der Waals surface area contributed by atoms with Gasteiger partial charge in [-0.25, -0.2) is 4.98 Å². The molecule has 8 heteroatoms. The number of anilines is 3. The van der Waals surface area contributed by atoms with Crippen LogP contribution >= 0.6 is 0 Å². The third-order valence-corrected chi connectivity index (χ3v) is 2.93. The molecule has 3 rings (SSSR count). The fourth-order valence-electron chi connectivity index (χ4n) is 1.96. The average molecular weight is 274 g/mol. The summed E-state index contributed by atoms with van der Waals surface area (Å²) in [5.41, 5.74) is 7.88. The van der Waals surface area contributed by atoms with E-state index in [0.717, 1.165) is 11.5 Å². The second kappa shape index (κ2) is 5.08. The van der Waals surface area contributed by atoms with Gasteiger partial charge in [-0.1, -0.05) is 0 Å². The van der Waals surface area contributed by atoms with Gasteiger partial charge >= 0.3 is 0 Å². The number of nitrogen functional groups attached to an aromatic ring is 1. The van der Waals surface area contributed by atoms with Gasteiger partial charge in [-0.15, -0.1) is 0 Å². The van der Waals surface area contributed by atoms with Gasteiger partial charge < -0.3 is 21.1 Å². The van der Waals surface area contributed by atoms with Gasteiger partial charge in [0.05, 0.1) is 17.1 Å². The Kier molecular flexibility index (Phi) is 3.12. The van der Waals surface area contributed by atoms with Gasteiger partial charge in [0.2, 0.25) is 0 Å². The van der Waals surface area contributed by atoms with E-state index in [0.29, 0.717) is 30.1 Å². The van der Waals surface area contributed by atoms with Crippen molar-refractivity contribution < 1.29 is 9.53 Å². The SMILES string of the molecule is Nc1cc2c(cc1NCCc1ncn[nH]1)NC(=O)CO2. The van der Waals surface area contributed by atoms with Crippen molar-refractivity contribution in [2.45, 2.75) is 6.42 Å². The molecule has 0 unspecified atom stereocenters. The lowest BCUT2D eigenvalue weighted by Crippen LogP contribution is -2.25. The molecule has 0 saturated carbocycles. The minimum Gasteiger partial charge on any atom is -0.482 e. The number of ether oxygens (including phenoxy) is 1. The number of hydrogen-bond donors (Lipinski definition) is 4. The number of rotatable bonds is 4. The van der Waals surface area contributed by atoms with E-state index >= 15 is 0 Å². The molecule has 8 nitrogen and oxygen atoms in total. The maximum atomic E-state index is 11.3. The van der Waals surface area contributed by atoms with Gasteiger partial charge in [-0.3, -0.25) is 9.89 Å². The van der Waals surface area contributed by atoms with Crippen LogP contribution in [0.25, 0.3) is 0 Å². The van der Waals surface area contributed by atoms with Crippen LogP contribution in [-0.2, 0) is 11.2 Å². The van der Waals surface area contributed by atoms with Crippen molar-refractivity contribution in [3.05, 3.63) is 24.3 Å². The Balaban J connectivity index is 1.69. The normalized spacial score (nSPS) is 13.3. The zero-order chi connectivity index (χ0) is 13.9. The Morgan fingerprint density at radius 1 is 1.45 bits per heavy atom. The Morgan fingerprint density at radius 2 is 2.35 bits per heavy atom. The number of carbonyl (C=O) groups is 1. The van der Waals surface area contributed by atoms with Crippen molar-refractivity contribution in [2.24, 2.45) is 0 Å². The minimum absolute atomic E-state index is 0.0186. The standard InChI is InChI=1S/C12H14N6O2/c13-7-3-10-9(17-12(19)5-20-10)4-8(7)14-2-1-11-15-6-16-18-11/h3-4,6,14H,1-2,5,13H2,(H,17,19)(H,15,16,18). The number of amides is 1. The van der Waals surface area contributed by atoms with Crippen molar-refractivity contribution in [3.63, 3.8) is 0 Å². The van der Waals surface area contributed by atoms with Crippen LogP contribution in [-0.4, -0.2) is 34.2 Å². The summed E-state index contributed by atoms with van der Waals surface area (Å²) in [6.07, 6.45) is 2.16. The summed E-state index contributed by atoms with van der Waals surface area (Å²) >= 11 is 0. The van der Waals surface area contributed by atoms with E-state index in [1.165, 1.54) is 6.33 Å². The van der Waals surface area contributed by atoms with Gasteiger partial charge in [-0.2, -0.15) is 5.10 Å². The number of nitrogens with zero attached hydrogens (tertiary/aromatic N) is 2. The Hall–Kier alpha value is -2.77. The summed E-state index contributed by atoms with van der Waals surface area (Å²) in [5.74, 6) is 1.21. The molecule has 5 N–H and O–H groups in total. The fourth-order valence-corrected chi connectivity index (χ4v) is 1.96. The third-order valence-electron chi connectivity index (χ3n) is 2.93. The molecule has 1 aliphatic heterocycles. The summed E-state index contributed by atoms with van der Waals surface area (Å²) in [5, 5.41) is 12.5. The highest BCUT2D eigenvalue weighted by atomic mass is 16.5. The van der Waals surface area contributed by atoms with Gasteiger partial charge in [0, 0.05) is 19.0 Å².